The molecule has 0 radical (unpaired) electrons. The molecule has 0 atom stereocenters. The monoisotopic (exact) mass is 905 g/mol. The van der Waals surface area contributed by atoms with Crippen molar-refractivity contribution in [2.75, 3.05) is 4.90 Å². The third-order valence-corrected chi connectivity index (χ3v) is 14.0. The highest BCUT2D eigenvalue weighted by molar-refractivity contribution is 6.13. The third-order valence-electron chi connectivity index (χ3n) is 14.0. The summed E-state index contributed by atoms with van der Waals surface area (Å²) in [5.74, 6) is 0.689. The van der Waals surface area contributed by atoms with Gasteiger partial charge in [-0.05, 0) is 102 Å². The maximum atomic E-state index is 5.26. The number of anilines is 3. The minimum absolute atomic E-state index is 0.689. The van der Waals surface area contributed by atoms with Gasteiger partial charge in [-0.2, -0.15) is 0 Å². The van der Waals surface area contributed by atoms with Crippen LogP contribution in [-0.2, 0) is 0 Å². The summed E-state index contributed by atoms with van der Waals surface area (Å²) in [6.45, 7) is 0. The van der Waals surface area contributed by atoms with Crippen molar-refractivity contribution in [2.24, 2.45) is 0 Å². The molecular formula is C66H43N5. The zero-order valence-electron chi connectivity index (χ0n) is 38.6. The highest BCUT2D eigenvalue weighted by atomic mass is 15.2. The van der Waals surface area contributed by atoms with E-state index in [2.05, 4.69) is 251 Å². The highest BCUT2D eigenvalue weighted by Gasteiger charge is 2.25. The van der Waals surface area contributed by atoms with Crippen LogP contribution in [0.5, 0.6) is 0 Å². The van der Waals surface area contributed by atoms with E-state index in [1.807, 2.05) is 24.3 Å². The van der Waals surface area contributed by atoms with Crippen molar-refractivity contribution >= 4 is 72.8 Å². The van der Waals surface area contributed by atoms with E-state index in [0.29, 0.717) is 5.82 Å². The Kier molecular flexibility index (Phi) is 9.46. The van der Waals surface area contributed by atoms with E-state index in [9.17, 15) is 0 Å². The molecule has 71 heavy (non-hydrogen) atoms. The molecule has 0 saturated carbocycles. The molecule has 13 aromatic rings. The summed E-state index contributed by atoms with van der Waals surface area (Å²) in [4.78, 5) is 12.8. The molecule has 5 nitrogen and oxygen atoms in total. The molecule has 0 aliphatic carbocycles. The second-order valence-electron chi connectivity index (χ2n) is 18.2. The van der Waals surface area contributed by atoms with Crippen molar-refractivity contribution in [1.82, 2.24) is 19.1 Å². The van der Waals surface area contributed by atoms with Crippen LogP contribution in [0, 0.1) is 0 Å². The zero-order valence-corrected chi connectivity index (χ0v) is 38.6. The van der Waals surface area contributed by atoms with E-state index in [0.717, 1.165) is 84.3 Å². The smallest absolute Gasteiger partial charge is 0.160 e. The molecule has 14 rings (SSSR count). The molecule has 1 aliphatic heterocycles. The fraction of sp³-hybridized carbons (Fsp3) is 0. The summed E-state index contributed by atoms with van der Waals surface area (Å²) >= 11 is 0. The lowest BCUT2D eigenvalue weighted by Crippen LogP contribution is -2.12. The Morgan fingerprint density at radius 2 is 0.761 bits per heavy atom. The van der Waals surface area contributed by atoms with Gasteiger partial charge in [-0.1, -0.05) is 176 Å². The molecule has 0 amide bonds. The van der Waals surface area contributed by atoms with E-state index in [1.165, 1.54) is 38.1 Å². The summed E-state index contributed by atoms with van der Waals surface area (Å²) in [6.07, 6.45) is 4.60. The quantitative estimate of drug-likeness (QED) is 0.160. The van der Waals surface area contributed by atoms with Crippen LogP contribution < -0.4 is 4.90 Å². The predicted octanol–water partition coefficient (Wildman–Crippen LogP) is 17.3. The van der Waals surface area contributed by atoms with Gasteiger partial charge in [-0.15, -0.1) is 0 Å². The molecule has 1 aliphatic rings. The molecule has 5 heteroatoms. The molecule has 0 bridgehead atoms. The van der Waals surface area contributed by atoms with Crippen LogP contribution >= 0.6 is 0 Å². The van der Waals surface area contributed by atoms with Crippen LogP contribution in [0.15, 0.2) is 249 Å². The lowest BCUT2D eigenvalue weighted by Gasteiger charge is -2.28. The van der Waals surface area contributed by atoms with Crippen molar-refractivity contribution in [2.45, 2.75) is 0 Å². The molecule has 0 N–H and O–H groups in total. The minimum Gasteiger partial charge on any atom is -0.309 e. The molecule has 0 fully saturated rings. The first-order valence-electron chi connectivity index (χ1n) is 24.1. The van der Waals surface area contributed by atoms with Crippen molar-refractivity contribution in [3.8, 4) is 56.4 Å². The van der Waals surface area contributed by atoms with E-state index in [-0.39, 0.29) is 0 Å². The first-order chi connectivity index (χ1) is 35.2. The number of aromatic nitrogens is 4. The Morgan fingerprint density at radius 3 is 1.44 bits per heavy atom. The topological polar surface area (TPSA) is 38.9 Å². The zero-order chi connectivity index (χ0) is 46.8. The Hall–Kier alpha value is -9.58. The first kappa shape index (κ1) is 40.5. The molecule has 0 unspecified atom stereocenters. The molecule has 0 saturated heterocycles. The number of hydrogen-bond donors (Lipinski definition) is 0. The Morgan fingerprint density at radius 1 is 0.268 bits per heavy atom. The van der Waals surface area contributed by atoms with Gasteiger partial charge in [0.2, 0.25) is 0 Å². The summed E-state index contributed by atoms with van der Waals surface area (Å²) in [5, 5.41) is 4.88. The number of para-hydroxylation sites is 4. The van der Waals surface area contributed by atoms with Crippen LogP contribution in [0.2, 0.25) is 0 Å². The first-order valence-corrected chi connectivity index (χ1v) is 24.1. The molecule has 0 spiro atoms. The number of benzene rings is 10. The Labute approximate surface area is 411 Å². The summed E-state index contributed by atoms with van der Waals surface area (Å²) in [7, 11) is 0. The number of nitrogens with zero attached hydrogens (tertiary/aromatic N) is 5. The normalized spacial score (nSPS) is 12.1. The van der Waals surface area contributed by atoms with Gasteiger partial charge in [-0.3, -0.25) is 0 Å². The fourth-order valence-electron chi connectivity index (χ4n) is 10.7. The second-order valence-corrected chi connectivity index (χ2v) is 18.2. The molecule has 4 heterocycles. The van der Waals surface area contributed by atoms with E-state index >= 15 is 0 Å². The highest BCUT2D eigenvalue weighted by Crippen LogP contribution is 2.47. The standard InChI is InChI=1S/C66H43N5/c1-5-18-44(19-6-1)58-43-59(68-66(67-58)45-20-7-2-8-21-45)48-22-17-27-53(39-48)71-60-37-35-46(47-34-36-56-54-28-13-15-30-61(54)69(64(56)40-47)51-23-9-3-10-24-51)38-49(60)32-33-50-41-65-57(42-63(50)71)55-29-14-16-31-62(55)70(65)52-25-11-4-12-26-52/h1-43H. The van der Waals surface area contributed by atoms with Gasteiger partial charge in [0.15, 0.2) is 5.82 Å². The Bertz CT molecular complexity index is 4150. The van der Waals surface area contributed by atoms with Crippen LogP contribution in [0.3, 0.4) is 0 Å². The fourth-order valence-corrected chi connectivity index (χ4v) is 10.7. The lowest BCUT2D eigenvalue weighted by molar-refractivity contribution is 1.18. The maximum absolute atomic E-state index is 5.26. The maximum Gasteiger partial charge on any atom is 0.160 e. The van der Waals surface area contributed by atoms with Gasteiger partial charge >= 0.3 is 0 Å². The number of hydrogen-bond acceptors (Lipinski definition) is 3. The van der Waals surface area contributed by atoms with Crippen LogP contribution in [0.4, 0.5) is 17.1 Å². The average Bonchev–Trinajstić information content (AvgIpc) is 3.89. The summed E-state index contributed by atoms with van der Waals surface area (Å²) in [5.41, 5.74) is 19.5. The number of rotatable bonds is 7. The molecule has 10 aromatic carbocycles. The van der Waals surface area contributed by atoms with Gasteiger partial charge in [-0.25, -0.2) is 9.97 Å². The van der Waals surface area contributed by atoms with Gasteiger partial charge in [0, 0.05) is 60.9 Å². The van der Waals surface area contributed by atoms with E-state index in [1.54, 1.807) is 0 Å². The average molecular weight is 906 g/mol. The van der Waals surface area contributed by atoms with Crippen LogP contribution in [0.25, 0.3) is 112 Å². The molecule has 3 aromatic heterocycles. The van der Waals surface area contributed by atoms with Gasteiger partial charge in [0.05, 0.1) is 44.8 Å². The minimum atomic E-state index is 0.689. The van der Waals surface area contributed by atoms with Gasteiger partial charge < -0.3 is 14.0 Å². The summed E-state index contributed by atoms with van der Waals surface area (Å²) < 4.78 is 4.79. The SMILES string of the molecule is C1=Cc2cc3c(cc2N(c2cccc(-c4cc(-c5ccccc5)nc(-c5ccccc5)n4)c2)c2ccc(-c4ccc5c6ccccc6n(-c6ccccc6)c5c4)cc21)c1ccccc1n3-c1ccccc1. The van der Waals surface area contributed by atoms with Gasteiger partial charge in [0.25, 0.3) is 0 Å². The largest absolute Gasteiger partial charge is 0.309 e. The third kappa shape index (κ3) is 6.86. The molecular weight excluding hydrogens is 863 g/mol. The Balaban J connectivity index is 0.973. The van der Waals surface area contributed by atoms with Crippen molar-refractivity contribution in [3.05, 3.63) is 260 Å². The van der Waals surface area contributed by atoms with E-state index < -0.39 is 0 Å². The van der Waals surface area contributed by atoms with Gasteiger partial charge in [0.1, 0.15) is 0 Å². The molecule has 332 valence electrons. The van der Waals surface area contributed by atoms with Crippen molar-refractivity contribution in [1.29, 1.82) is 0 Å². The number of fused-ring (bicyclic) bond motifs is 8. The lowest BCUT2D eigenvalue weighted by atomic mass is 9.99. The predicted molar refractivity (Wildman–Crippen MR) is 296 cm³/mol. The van der Waals surface area contributed by atoms with Crippen molar-refractivity contribution in [3.63, 3.8) is 0 Å². The van der Waals surface area contributed by atoms with Crippen LogP contribution in [0.1, 0.15) is 11.1 Å². The van der Waals surface area contributed by atoms with E-state index in [4.69, 9.17) is 9.97 Å². The summed E-state index contributed by atoms with van der Waals surface area (Å²) in [6, 6.07) is 89.1. The second kappa shape index (κ2) is 16.6. The van der Waals surface area contributed by atoms with Crippen molar-refractivity contribution < 1.29 is 0 Å². The van der Waals surface area contributed by atoms with Crippen LogP contribution in [-0.4, -0.2) is 19.1 Å².